The number of aliphatic hydroxyl groups is 1. The van der Waals surface area contributed by atoms with E-state index in [9.17, 15) is 14.7 Å². The van der Waals surface area contributed by atoms with E-state index >= 15 is 0 Å². The van der Waals surface area contributed by atoms with Crippen LogP contribution in [0, 0.1) is 0 Å². The molecule has 1 aliphatic rings. The molecule has 1 aliphatic heterocycles. The van der Waals surface area contributed by atoms with Gasteiger partial charge in [-0.05, 0) is 79.9 Å². The minimum atomic E-state index is -0.764. The van der Waals surface area contributed by atoms with Crippen LogP contribution in [0.4, 0.5) is 0 Å². The largest absolute Gasteiger partial charge is 0.507 e. The van der Waals surface area contributed by atoms with E-state index in [0.717, 1.165) is 11.3 Å². The average Bonchev–Trinajstić information content (AvgIpc) is 3.17. The van der Waals surface area contributed by atoms with Crippen molar-refractivity contribution in [2.45, 2.75) is 32.4 Å². The zero-order valence-electron chi connectivity index (χ0n) is 21.4. The van der Waals surface area contributed by atoms with Gasteiger partial charge in [-0.3, -0.25) is 9.59 Å². The lowest BCUT2D eigenvalue weighted by Crippen LogP contribution is -2.31. The number of ketones is 1. The number of benzene rings is 3. The number of aliphatic hydroxyl groups excluding tert-OH is 1. The average molecular weight is 502 g/mol. The SMILES string of the molecule is COc1ccc(CCN2C(=O)C(=O)/C(=C(\O)c3ccc(OC(C)C)cc3)C2c2cccc(OC)c2)cc1. The Morgan fingerprint density at radius 3 is 2.16 bits per heavy atom. The number of carbonyl (C=O) groups is 2. The molecule has 0 bridgehead atoms. The van der Waals surface area contributed by atoms with Gasteiger partial charge < -0.3 is 24.2 Å². The van der Waals surface area contributed by atoms with E-state index in [1.807, 2.05) is 44.2 Å². The van der Waals surface area contributed by atoms with Gasteiger partial charge in [0.05, 0.1) is 31.9 Å². The summed E-state index contributed by atoms with van der Waals surface area (Å²) in [6, 6.07) is 20.8. The quantitative estimate of drug-likeness (QED) is 0.248. The third kappa shape index (κ3) is 5.61. The van der Waals surface area contributed by atoms with Gasteiger partial charge in [-0.25, -0.2) is 0 Å². The maximum atomic E-state index is 13.3. The molecule has 37 heavy (non-hydrogen) atoms. The number of nitrogens with zero attached hydrogens (tertiary/aromatic N) is 1. The summed E-state index contributed by atoms with van der Waals surface area (Å²) in [6.07, 6.45) is 0.530. The molecular formula is C30H31NO6. The molecular weight excluding hydrogens is 470 g/mol. The van der Waals surface area contributed by atoms with Crippen molar-refractivity contribution in [2.24, 2.45) is 0 Å². The first-order valence-electron chi connectivity index (χ1n) is 12.1. The van der Waals surface area contributed by atoms with E-state index in [-0.39, 0.29) is 24.0 Å². The number of amides is 1. The molecule has 1 N–H and O–H groups in total. The van der Waals surface area contributed by atoms with E-state index < -0.39 is 17.7 Å². The minimum absolute atomic E-state index is 0.00327. The summed E-state index contributed by atoms with van der Waals surface area (Å²) in [7, 11) is 3.16. The molecule has 1 fully saturated rings. The van der Waals surface area contributed by atoms with Crippen LogP contribution >= 0.6 is 0 Å². The van der Waals surface area contributed by atoms with Crippen molar-refractivity contribution in [1.29, 1.82) is 0 Å². The van der Waals surface area contributed by atoms with Crippen molar-refractivity contribution < 1.29 is 28.9 Å². The van der Waals surface area contributed by atoms with Crippen LogP contribution in [0.25, 0.3) is 5.76 Å². The highest BCUT2D eigenvalue weighted by Crippen LogP contribution is 2.40. The fraction of sp³-hybridized carbons (Fsp3) is 0.267. The van der Waals surface area contributed by atoms with E-state index in [2.05, 4.69) is 0 Å². The third-order valence-corrected chi connectivity index (χ3v) is 6.25. The molecule has 1 heterocycles. The Hall–Kier alpha value is -4.26. The Labute approximate surface area is 216 Å². The summed E-state index contributed by atoms with van der Waals surface area (Å²) < 4.78 is 16.3. The molecule has 7 heteroatoms. The number of hydrogen-bond donors (Lipinski definition) is 1. The first kappa shape index (κ1) is 25.8. The molecule has 0 aliphatic carbocycles. The van der Waals surface area contributed by atoms with Gasteiger partial charge in [0.1, 0.15) is 23.0 Å². The van der Waals surface area contributed by atoms with E-state index in [1.54, 1.807) is 56.7 Å². The van der Waals surface area contributed by atoms with Gasteiger partial charge in [-0.1, -0.05) is 24.3 Å². The standard InChI is InChI=1S/C30H31NO6/c1-19(2)37-24-14-10-21(11-15-24)28(32)26-27(22-6-5-7-25(18-22)36-4)31(30(34)29(26)33)17-16-20-8-12-23(35-3)13-9-20/h5-15,18-19,27,32H,16-17H2,1-4H3/b28-26-. The van der Waals surface area contributed by atoms with Crippen molar-refractivity contribution in [3.8, 4) is 17.2 Å². The molecule has 1 amide bonds. The van der Waals surface area contributed by atoms with Crippen LogP contribution in [0.5, 0.6) is 17.2 Å². The van der Waals surface area contributed by atoms with Gasteiger partial charge in [0.25, 0.3) is 11.7 Å². The molecule has 0 aromatic heterocycles. The van der Waals surface area contributed by atoms with Gasteiger partial charge >= 0.3 is 0 Å². The number of hydrogen-bond acceptors (Lipinski definition) is 6. The van der Waals surface area contributed by atoms with Gasteiger partial charge in [0, 0.05) is 12.1 Å². The first-order valence-corrected chi connectivity index (χ1v) is 12.1. The Morgan fingerprint density at radius 2 is 1.54 bits per heavy atom. The second-order valence-corrected chi connectivity index (χ2v) is 9.06. The summed E-state index contributed by atoms with van der Waals surface area (Å²) in [5.41, 5.74) is 2.14. The van der Waals surface area contributed by atoms with E-state index in [1.165, 1.54) is 4.90 Å². The van der Waals surface area contributed by atoms with Gasteiger partial charge in [-0.2, -0.15) is 0 Å². The predicted octanol–water partition coefficient (Wildman–Crippen LogP) is 5.16. The first-order chi connectivity index (χ1) is 17.8. The zero-order valence-corrected chi connectivity index (χ0v) is 21.4. The van der Waals surface area contributed by atoms with Crippen LogP contribution in [0.15, 0.2) is 78.4 Å². The van der Waals surface area contributed by atoms with Gasteiger partial charge in [0.15, 0.2) is 0 Å². The van der Waals surface area contributed by atoms with Crippen molar-refractivity contribution in [3.63, 3.8) is 0 Å². The van der Waals surface area contributed by atoms with Crippen LogP contribution in [0.2, 0.25) is 0 Å². The topological polar surface area (TPSA) is 85.3 Å². The fourth-order valence-corrected chi connectivity index (χ4v) is 4.43. The molecule has 1 atom stereocenters. The Morgan fingerprint density at radius 1 is 0.892 bits per heavy atom. The summed E-state index contributed by atoms with van der Waals surface area (Å²) in [6.45, 7) is 4.14. The molecule has 3 aromatic carbocycles. The summed E-state index contributed by atoms with van der Waals surface area (Å²) >= 11 is 0. The van der Waals surface area contributed by atoms with Gasteiger partial charge in [-0.15, -0.1) is 0 Å². The molecule has 0 saturated carbocycles. The lowest BCUT2D eigenvalue weighted by molar-refractivity contribution is -0.139. The van der Waals surface area contributed by atoms with Crippen LogP contribution in [-0.2, 0) is 16.0 Å². The summed E-state index contributed by atoms with van der Waals surface area (Å²) in [5.74, 6) is 0.383. The number of rotatable bonds is 9. The van der Waals surface area contributed by atoms with Crippen molar-refractivity contribution >= 4 is 17.4 Å². The maximum absolute atomic E-state index is 13.3. The molecule has 3 aromatic rings. The molecule has 192 valence electrons. The second-order valence-electron chi connectivity index (χ2n) is 9.06. The van der Waals surface area contributed by atoms with Crippen molar-refractivity contribution in [2.75, 3.05) is 20.8 Å². The summed E-state index contributed by atoms with van der Waals surface area (Å²) in [5, 5.41) is 11.3. The Balaban J connectivity index is 1.73. The smallest absolute Gasteiger partial charge is 0.295 e. The number of likely N-dealkylation sites (tertiary alicyclic amines) is 1. The lowest BCUT2D eigenvalue weighted by atomic mass is 9.95. The highest BCUT2D eigenvalue weighted by molar-refractivity contribution is 6.46. The molecule has 0 spiro atoms. The zero-order chi connectivity index (χ0) is 26.5. The highest BCUT2D eigenvalue weighted by atomic mass is 16.5. The van der Waals surface area contributed by atoms with Crippen LogP contribution in [0.1, 0.15) is 36.6 Å². The molecule has 4 rings (SSSR count). The van der Waals surface area contributed by atoms with E-state index in [4.69, 9.17) is 14.2 Å². The Bertz CT molecular complexity index is 1290. The van der Waals surface area contributed by atoms with E-state index in [0.29, 0.717) is 29.0 Å². The summed E-state index contributed by atoms with van der Waals surface area (Å²) in [4.78, 5) is 28.1. The number of methoxy groups -OCH3 is 2. The van der Waals surface area contributed by atoms with Crippen LogP contribution in [-0.4, -0.2) is 48.6 Å². The van der Waals surface area contributed by atoms with Crippen molar-refractivity contribution in [1.82, 2.24) is 4.90 Å². The van der Waals surface area contributed by atoms with Gasteiger partial charge in [0.2, 0.25) is 0 Å². The van der Waals surface area contributed by atoms with Crippen LogP contribution < -0.4 is 14.2 Å². The van der Waals surface area contributed by atoms with Crippen molar-refractivity contribution in [3.05, 3.63) is 95.1 Å². The molecule has 0 radical (unpaired) electrons. The molecule has 1 saturated heterocycles. The minimum Gasteiger partial charge on any atom is -0.507 e. The normalized spacial score (nSPS) is 16.8. The van der Waals surface area contributed by atoms with Crippen LogP contribution in [0.3, 0.4) is 0 Å². The number of carbonyl (C=O) groups excluding carboxylic acids is 2. The lowest BCUT2D eigenvalue weighted by Gasteiger charge is -2.25. The predicted molar refractivity (Wildman–Crippen MR) is 141 cm³/mol. The monoisotopic (exact) mass is 501 g/mol. The maximum Gasteiger partial charge on any atom is 0.295 e. The molecule has 7 nitrogen and oxygen atoms in total. The number of ether oxygens (including phenoxy) is 3. The fourth-order valence-electron chi connectivity index (χ4n) is 4.43. The molecule has 1 unspecified atom stereocenters. The third-order valence-electron chi connectivity index (χ3n) is 6.25. The second kappa shape index (κ2) is 11.2. The highest BCUT2D eigenvalue weighted by Gasteiger charge is 2.46. The number of Topliss-reactive ketones (excluding diaryl/α,β-unsaturated/α-hetero) is 1. The Kier molecular flexibility index (Phi) is 7.82.